The molecule has 5 aromatic carbocycles. The first-order chi connectivity index (χ1) is 16.3. The summed E-state index contributed by atoms with van der Waals surface area (Å²) in [5.41, 5.74) is 9.04. The largest absolute Gasteiger partial charge is 0.455 e. The number of nitrogens with zero attached hydrogens (tertiary/aromatic N) is 1. The quantitative estimate of drug-likeness (QED) is 0.272. The molecule has 0 saturated carbocycles. The predicted molar refractivity (Wildman–Crippen MR) is 138 cm³/mol. The molecule has 156 valence electrons. The topological polar surface area (TPSA) is 18.1 Å². The fraction of sp³-hybridized carbons (Fsp3) is 0.0323. The Morgan fingerprint density at radius 1 is 0.576 bits per heavy atom. The van der Waals surface area contributed by atoms with Crippen molar-refractivity contribution in [1.82, 2.24) is 4.57 Å². The van der Waals surface area contributed by atoms with E-state index in [9.17, 15) is 0 Å². The number of rotatable bonds is 2. The number of hydrogen-bond donors (Lipinski definition) is 0. The van der Waals surface area contributed by atoms with Crippen molar-refractivity contribution in [2.45, 2.75) is 6.92 Å². The Kier molecular flexibility index (Phi) is 3.80. The van der Waals surface area contributed by atoms with Crippen molar-refractivity contribution in [2.75, 3.05) is 0 Å². The maximum Gasteiger partial charge on any atom is 0.143 e. The van der Waals surface area contributed by atoms with Gasteiger partial charge in [-0.05, 0) is 54.4 Å². The second kappa shape index (κ2) is 6.85. The molecule has 0 unspecified atom stereocenters. The van der Waals surface area contributed by atoms with Crippen LogP contribution in [-0.2, 0) is 0 Å². The zero-order chi connectivity index (χ0) is 21.9. The number of aryl methyl sites for hydroxylation is 1. The summed E-state index contributed by atoms with van der Waals surface area (Å²) in [4.78, 5) is 0. The fourth-order valence-electron chi connectivity index (χ4n) is 5.16. The molecule has 0 aliphatic heterocycles. The number of hydrogen-bond acceptors (Lipinski definition) is 1. The average Bonchev–Trinajstić information content (AvgIpc) is 3.39. The van der Waals surface area contributed by atoms with Gasteiger partial charge in [0.25, 0.3) is 0 Å². The van der Waals surface area contributed by atoms with Crippen LogP contribution in [0.3, 0.4) is 0 Å². The van der Waals surface area contributed by atoms with Gasteiger partial charge in [0.15, 0.2) is 0 Å². The Morgan fingerprint density at radius 2 is 1.33 bits per heavy atom. The van der Waals surface area contributed by atoms with Crippen LogP contribution in [0.4, 0.5) is 0 Å². The van der Waals surface area contributed by atoms with Crippen molar-refractivity contribution in [3.63, 3.8) is 0 Å². The molecule has 0 spiro atoms. The predicted octanol–water partition coefficient (Wildman–Crippen LogP) is 8.66. The van der Waals surface area contributed by atoms with E-state index in [1.54, 1.807) is 0 Å². The van der Waals surface area contributed by atoms with E-state index in [-0.39, 0.29) is 0 Å². The van der Waals surface area contributed by atoms with Crippen LogP contribution < -0.4 is 0 Å². The second-order valence-electron chi connectivity index (χ2n) is 8.70. The molecule has 0 amide bonds. The SMILES string of the molecule is Cc1cccc(-n2c3ccccc3c3cc(-c4cccc5c4oc4ccccc45)ccc32)c1. The summed E-state index contributed by atoms with van der Waals surface area (Å²) in [5.74, 6) is 0. The molecule has 2 aromatic heterocycles. The van der Waals surface area contributed by atoms with Crippen LogP contribution >= 0.6 is 0 Å². The van der Waals surface area contributed by atoms with E-state index in [2.05, 4.69) is 109 Å². The lowest BCUT2D eigenvalue weighted by Gasteiger charge is -2.09. The number of fused-ring (bicyclic) bond motifs is 6. The minimum Gasteiger partial charge on any atom is -0.455 e. The van der Waals surface area contributed by atoms with Crippen LogP contribution in [0.15, 0.2) is 114 Å². The molecule has 0 bridgehead atoms. The first kappa shape index (κ1) is 18.3. The molecule has 33 heavy (non-hydrogen) atoms. The molecule has 0 N–H and O–H groups in total. The van der Waals surface area contributed by atoms with E-state index in [0.29, 0.717) is 0 Å². The van der Waals surface area contributed by atoms with Gasteiger partial charge >= 0.3 is 0 Å². The number of para-hydroxylation sites is 3. The summed E-state index contributed by atoms with van der Waals surface area (Å²) in [6.07, 6.45) is 0. The van der Waals surface area contributed by atoms with Gasteiger partial charge in [-0.3, -0.25) is 0 Å². The molecular weight excluding hydrogens is 402 g/mol. The Hall–Kier alpha value is -4.30. The zero-order valence-electron chi connectivity index (χ0n) is 18.2. The molecule has 0 aliphatic carbocycles. The molecule has 0 radical (unpaired) electrons. The zero-order valence-corrected chi connectivity index (χ0v) is 18.2. The van der Waals surface area contributed by atoms with Crippen molar-refractivity contribution in [1.29, 1.82) is 0 Å². The van der Waals surface area contributed by atoms with Crippen molar-refractivity contribution < 1.29 is 4.42 Å². The van der Waals surface area contributed by atoms with Gasteiger partial charge in [-0.1, -0.05) is 72.8 Å². The van der Waals surface area contributed by atoms with Gasteiger partial charge in [0.05, 0.1) is 11.0 Å². The molecule has 2 heterocycles. The molecule has 0 atom stereocenters. The normalized spacial score (nSPS) is 11.8. The van der Waals surface area contributed by atoms with Crippen LogP contribution in [0, 0.1) is 6.92 Å². The summed E-state index contributed by atoms with van der Waals surface area (Å²) in [5, 5.41) is 4.82. The Bertz CT molecular complexity index is 1830. The van der Waals surface area contributed by atoms with Gasteiger partial charge in [0.2, 0.25) is 0 Å². The average molecular weight is 424 g/mol. The van der Waals surface area contributed by atoms with Crippen LogP contribution in [0.25, 0.3) is 60.6 Å². The Labute approximate surface area is 191 Å². The standard InChI is InChI=1S/C31H21NO/c1-20-8-6-9-22(18-20)32-28-14-4-2-10-24(28)27-19-21(16-17-29(27)32)23-12-7-13-26-25-11-3-5-15-30(25)33-31(23)26/h2-19H,1H3. The summed E-state index contributed by atoms with van der Waals surface area (Å²) in [6, 6.07) is 38.8. The first-order valence-electron chi connectivity index (χ1n) is 11.3. The lowest BCUT2D eigenvalue weighted by Crippen LogP contribution is -1.94. The maximum absolute atomic E-state index is 6.32. The third-order valence-electron chi connectivity index (χ3n) is 6.65. The lowest BCUT2D eigenvalue weighted by molar-refractivity contribution is 0.670. The first-order valence-corrected chi connectivity index (χ1v) is 11.3. The van der Waals surface area contributed by atoms with Gasteiger partial charge < -0.3 is 8.98 Å². The molecule has 7 rings (SSSR count). The van der Waals surface area contributed by atoms with E-state index in [4.69, 9.17) is 4.42 Å². The lowest BCUT2D eigenvalue weighted by atomic mass is 10.0. The van der Waals surface area contributed by atoms with Crippen molar-refractivity contribution in [2.24, 2.45) is 0 Å². The van der Waals surface area contributed by atoms with Gasteiger partial charge in [-0.15, -0.1) is 0 Å². The summed E-state index contributed by atoms with van der Waals surface area (Å²) in [6.45, 7) is 2.14. The Balaban J connectivity index is 1.53. The van der Waals surface area contributed by atoms with Crippen molar-refractivity contribution in [3.8, 4) is 16.8 Å². The molecule has 2 heteroatoms. The molecule has 0 saturated heterocycles. The van der Waals surface area contributed by atoms with E-state index in [0.717, 1.165) is 27.5 Å². The van der Waals surface area contributed by atoms with E-state index < -0.39 is 0 Å². The van der Waals surface area contributed by atoms with Gasteiger partial charge in [0, 0.05) is 32.8 Å². The monoisotopic (exact) mass is 423 g/mol. The highest BCUT2D eigenvalue weighted by Crippen LogP contribution is 2.39. The molecule has 0 fully saturated rings. The highest BCUT2D eigenvalue weighted by molar-refractivity contribution is 6.13. The van der Waals surface area contributed by atoms with Crippen molar-refractivity contribution >= 4 is 43.7 Å². The second-order valence-corrected chi connectivity index (χ2v) is 8.70. The van der Waals surface area contributed by atoms with Crippen molar-refractivity contribution in [3.05, 3.63) is 115 Å². The fourth-order valence-corrected chi connectivity index (χ4v) is 5.16. The summed E-state index contributed by atoms with van der Waals surface area (Å²) in [7, 11) is 0. The van der Waals surface area contributed by atoms with Crippen LogP contribution in [0.5, 0.6) is 0 Å². The molecule has 7 aromatic rings. The van der Waals surface area contributed by atoms with Gasteiger partial charge in [0.1, 0.15) is 11.2 Å². The van der Waals surface area contributed by atoms with Crippen LogP contribution in [0.1, 0.15) is 5.56 Å². The van der Waals surface area contributed by atoms with Gasteiger partial charge in [-0.25, -0.2) is 0 Å². The van der Waals surface area contributed by atoms with Crippen LogP contribution in [-0.4, -0.2) is 4.57 Å². The van der Waals surface area contributed by atoms with Crippen LogP contribution in [0.2, 0.25) is 0 Å². The van der Waals surface area contributed by atoms with E-state index >= 15 is 0 Å². The third kappa shape index (κ3) is 2.68. The molecule has 2 nitrogen and oxygen atoms in total. The summed E-state index contributed by atoms with van der Waals surface area (Å²) >= 11 is 0. The minimum atomic E-state index is 0.928. The highest BCUT2D eigenvalue weighted by Gasteiger charge is 2.16. The maximum atomic E-state index is 6.32. The minimum absolute atomic E-state index is 0.928. The number of aromatic nitrogens is 1. The van der Waals surface area contributed by atoms with E-state index in [1.165, 1.54) is 38.6 Å². The Morgan fingerprint density at radius 3 is 2.24 bits per heavy atom. The van der Waals surface area contributed by atoms with Gasteiger partial charge in [-0.2, -0.15) is 0 Å². The molecule has 0 aliphatic rings. The van der Waals surface area contributed by atoms with E-state index in [1.807, 2.05) is 12.1 Å². The molecular formula is C31H21NO. The summed E-state index contributed by atoms with van der Waals surface area (Å²) < 4.78 is 8.68. The smallest absolute Gasteiger partial charge is 0.143 e. The number of furan rings is 1. The highest BCUT2D eigenvalue weighted by atomic mass is 16.3. The number of benzene rings is 5. The third-order valence-corrected chi connectivity index (χ3v) is 6.65.